The number of carbonyl (C=O) groups excluding carboxylic acids is 1. The van der Waals surface area contributed by atoms with Crippen molar-refractivity contribution in [3.63, 3.8) is 0 Å². The predicted molar refractivity (Wildman–Crippen MR) is 57.3 cm³/mol. The first-order chi connectivity index (χ1) is 7.25. The first kappa shape index (κ1) is 10.2. The highest BCUT2D eigenvalue weighted by Gasteiger charge is 2.11. The quantitative estimate of drug-likeness (QED) is 0.787. The van der Waals surface area contributed by atoms with Crippen LogP contribution in [0.2, 0.25) is 0 Å². The van der Waals surface area contributed by atoms with E-state index in [1.165, 1.54) is 31.2 Å². The third-order valence-corrected chi connectivity index (χ3v) is 2.85. The zero-order valence-corrected chi connectivity index (χ0v) is 8.91. The van der Waals surface area contributed by atoms with Gasteiger partial charge in [0.15, 0.2) is 0 Å². The Bertz CT molecular complexity index is 331. The first-order valence-corrected chi connectivity index (χ1v) is 5.59. The molecule has 0 spiro atoms. The monoisotopic (exact) mass is 207 g/mol. The maximum absolute atomic E-state index is 10.8. The van der Waals surface area contributed by atoms with Crippen molar-refractivity contribution in [1.82, 2.24) is 9.78 Å². The summed E-state index contributed by atoms with van der Waals surface area (Å²) < 4.78 is 1.68. The van der Waals surface area contributed by atoms with E-state index in [9.17, 15) is 4.79 Å². The summed E-state index contributed by atoms with van der Waals surface area (Å²) in [7, 11) is 0. The van der Waals surface area contributed by atoms with Crippen molar-refractivity contribution < 1.29 is 4.79 Å². The van der Waals surface area contributed by atoms with Gasteiger partial charge in [-0.2, -0.15) is 5.10 Å². The molecule has 15 heavy (non-hydrogen) atoms. The molecule has 1 heterocycles. The molecule has 1 aliphatic rings. The van der Waals surface area contributed by atoms with Crippen LogP contribution in [0, 0.1) is 0 Å². The zero-order chi connectivity index (χ0) is 10.7. The van der Waals surface area contributed by atoms with Gasteiger partial charge in [-0.25, -0.2) is 0 Å². The maximum atomic E-state index is 10.8. The molecule has 0 saturated carbocycles. The molecule has 2 rings (SSSR count). The summed E-state index contributed by atoms with van der Waals surface area (Å²) in [6.45, 7) is 0.201. The summed E-state index contributed by atoms with van der Waals surface area (Å²) in [4.78, 5) is 10.8. The van der Waals surface area contributed by atoms with E-state index in [4.69, 9.17) is 5.73 Å². The molecular formula is C11H17N3O. The molecule has 0 radical (unpaired) electrons. The van der Waals surface area contributed by atoms with Crippen LogP contribution in [0.3, 0.4) is 0 Å². The van der Waals surface area contributed by atoms with Gasteiger partial charge in [0.2, 0.25) is 5.91 Å². The number of carbonyl (C=O) groups is 1. The molecule has 82 valence electrons. The van der Waals surface area contributed by atoms with Crippen molar-refractivity contribution in [2.24, 2.45) is 5.73 Å². The second-order valence-electron chi connectivity index (χ2n) is 4.18. The van der Waals surface area contributed by atoms with E-state index in [-0.39, 0.29) is 12.5 Å². The number of nitrogens with two attached hydrogens (primary N) is 1. The number of hydrogen-bond donors (Lipinski definition) is 1. The summed E-state index contributed by atoms with van der Waals surface area (Å²) in [5.41, 5.74) is 7.61. The fourth-order valence-electron chi connectivity index (χ4n) is 2.12. The number of amides is 1. The standard InChI is InChI=1S/C11H17N3O/c12-11(15)8-14-7-9-5-3-1-2-4-6-10(9)13-14/h7H,1-6,8H2,(H2,12,15). The van der Waals surface area contributed by atoms with Gasteiger partial charge in [0.25, 0.3) is 0 Å². The van der Waals surface area contributed by atoms with Crippen molar-refractivity contribution in [2.75, 3.05) is 0 Å². The second kappa shape index (κ2) is 4.47. The number of rotatable bonds is 2. The van der Waals surface area contributed by atoms with E-state index >= 15 is 0 Å². The highest BCUT2D eigenvalue weighted by molar-refractivity contribution is 5.73. The Balaban J connectivity index is 2.16. The number of hydrogen-bond acceptors (Lipinski definition) is 2. The van der Waals surface area contributed by atoms with E-state index in [1.807, 2.05) is 6.20 Å². The molecule has 0 fully saturated rings. The molecule has 0 bridgehead atoms. The molecule has 0 aliphatic heterocycles. The van der Waals surface area contributed by atoms with Gasteiger partial charge in [-0.15, -0.1) is 0 Å². The van der Waals surface area contributed by atoms with Crippen LogP contribution < -0.4 is 5.73 Å². The molecule has 1 aromatic heterocycles. The van der Waals surface area contributed by atoms with E-state index in [0.29, 0.717) is 0 Å². The number of nitrogens with zero attached hydrogens (tertiary/aromatic N) is 2. The van der Waals surface area contributed by atoms with Crippen molar-refractivity contribution in [1.29, 1.82) is 0 Å². The largest absolute Gasteiger partial charge is 0.368 e. The minimum Gasteiger partial charge on any atom is -0.368 e. The van der Waals surface area contributed by atoms with Gasteiger partial charge in [-0.3, -0.25) is 9.48 Å². The van der Waals surface area contributed by atoms with E-state index < -0.39 is 0 Å². The SMILES string of the molecule is NC(=O)Cn1cc2c(n1)CCCCCC2. The Morgan fingerprint density at radius 3 is 2.80 bits per heavy atom. The van der Waals surface area contributed by atoms with Gasteiger partial charge < -0.3 is 5.73 Å². The van der Waals surface area contributed by atoms with Crippen LogP contribution in [0.15, 0.2) is 6.20 Å². The number of primary amides is 1. The van der Waals surface area contributed by atoms with Crippen molar-refractivity contribution in [2.45, 2.75) is 45.1 Å². The summed E-state index contributed by atoms with van der Waals surface area (Å²) in [5, 5.41) is 4.41. The van der Waals surface area contributed by atoms with Crippen molar-refractivity contribution in [3.05, 3.63) is 17.5 Å². The van der Waals surface area contributed by atoms with Crippen LogP contribution in [-0.4, -0.2) is 15.7 Å². The fraction of sp³-hybridized carbons (Fsp3) is 0.636. The minimum absolute atomic E-state index is 0.201. The molecule has 1 amide bonds. The number of fused-ring (bicyclic) bond motifs is 1. The molecule has 2 N–H and O–H groups in total. The second-order valence-corrected chi connectivity index (χ2v) is 4.18. The van der Waals surface area contributed by atoms with Crippen LogP contribution in [-0.2, 0) is 24.2 Å². The van der Waals surface area contributed by atoms with E-state index in [2.05, 4.69) is 5.10 Å². The fourth-order valence-corrected chi connectivity index (χ4v) is 2.12. The van der Waals surface area contributed by atoms with Crippen LogP contribution in [0.4, 0.5) is 0 Å². The van der Waals surface area contributed by atoms with Crippen molar-refractivity contribution in [3.8, 4) is 0 Å². The summed E-state index contributed by atoms with van der Waals surface area (Å²) in [6.07, 6.45) is 9.15. The molecule has 0 unspecified atom stereocenters. The first-order valence-electron chi connectivity index (χ1n) is 5.59. The highest BCUT2D eigenvalue weighted by Crippen LogP contribution is 2.18. The van der Waals surface area contributed by atoms with Crippen LogP contribution in [0.5, 0.6) is 0 Å². The average Bonchev–Trinajstić information content (AvgIpc) is 2.46. The van der Waals surface area contributed by atoms with Gasteiger partial charge in [-0.1, -0.05) is 12.8 Å². The smallest absolute Gasteiger partial charge is 0.239 e. The van der Waals surface area contributed by atoms with Gasteiger partial charge in [0, 0.05) is 6.20 Å². The molecule has 4 nitrogen and oxygen atoms in total. The Kier molecular flexibility index (Phi) is 3.04. The van der Waals surface area contributed by atoms with Gasteiger partial charge in [-0.05, 0) is 31.2 Å². The Labute approximate surface area is 89.5 Å². The maximum Gasteiger partial charge on any atom is 0.239 e. The lowest BCUT2D eigenvalue weighted by molar-refractivity contribution is -0.118. The molecule has 1 aromatic rings. The Morgan fingerprint density at radius 1 is 1.33 bits per heavy atom. The third-order valence-electron chi connectivity index (χ3n) is 2.85. The number of aromatic nitrogens is 2. The van der Waals surface area contributed by atoms with Crippen LogP contribution in [0.25, 0.3) is 0 Å². The third kappa shape index (κ3) is 2.58. The molecular weight excluding hydrogens is 190 g/mol. The highest BCUT2D eigenvalue weighted by atomic mass is 16.1. The summed E-state index contributed by atoms with van der Waals surface area (Å²) in [5.74, 6) is -0.328. The van der Waals surface area contributed by atoms with Crippen LogP contribution >= 0.6 is 0 Å². The van der Waals surface area contributed by atoms with E-state index in [1.54, 1.807) is 4.68 Å². The molecule has 4 heteroatoms. The molecule has 0 saturated heterocycles. The summed E-state index contributed by atoms with van der Waals surface area (Å²) >= 11 is 0. The molecule has 1 aliphatic carbocycles. The summed E-state index contributed by atoms with van der Waals surface area (Å²) in [6, 6.07) is 0. The topological polar surface area (TPSA) is 60.9 Å². The lowest BCUT2D eigenvalue weighted by Gasteiger charge is -2.06. The molecule has 0 atom stereocenters. The minimum atomic E-state index is -0.328. The lowest BCUT2D eigenvalue weighted by Crippen LogP contribution is -2.19. The average molecular weight is 207 g/mol. The van der Waals surface area contributed by atoms with Gasteiger partial charge >= 0.3 is 0 Å². The zero-order valence-electron chi connectivity index (χ0n) is 8.91. The lowest BCUT2D eigenvalue weighted by atomic mass is 9.99. The molecule has 0 aromatic carbocycles. The van der Waals surface area contributed by atoms with Crippen molar-refractivity contribution >= 4 is 5.91 Å². The van der Waals surface area contributed by atoms with Gasteiger partial charge in [0.1, 0.15) is 6.54 Å². The van der Waals surface area contributed by atoms with Gasteiger partial charge in [0.05, 0.1) is 5.69 Å². The number of aryl methyl sites for hydroxylation is 2. The van der Waals surface area contributed by atoms with E-state index in [0.717, 1.165) is 18.5 Å². The predicted octanol–water partition coefficient (Wildman–Crippen LogP) is 1.03. The normalized spacial score (nSPS) is 16.5. The Morgan fingerprint density at radius 2 is 2.07 bits per heavy atom. The van der Waals surface area contributed by atoms with Crippen LogP contribution in [0.1, 0.15) is 36.9 Å². The Hall–Kier alpha value is -1.32.